The van der Waals surface area contributed by atoms with Crippen LogP contribution in [-0.4, -0.2) is 52.0 Å². The lowest BCUT2D eigenvalue weighted by atomic mass is 10.2. The van der Waals surface area contributed by atoms with Gasteiger partial charge in [-0.2, -0.15) is 5.10 Å². The second kappa shape index (κ2) is 11.4. The first-order chi connectivity index (χ1) is 17.3. The minimum atomic E-state index is -0.539. The molecule has 1 aliphatic heterocycles. The van der Waals surface area contributed by atoms with E-state index in [9.17, 15) is 14.4 Å². The van der Waals surface area contributed by atoms with Crippen LogP contribution in [0.5, 0.6) is 0 Å². The van der Waals surface area contributed by atoms with E-state index in [1.165, 1.54) is 12.3 Å². The standard InChI is InChI=1S/C25H24Cl2N6O3/c1-2-21(34)29-16-8-6-15(7-9-16)13-33-11-10-17(14-33)30-25(36)23-20(12-28-32-23)31-24(35)22-18(26)4-3-5-19(22)27/h2-9,12,17H,1,10-11,13-14H2,(H,28,32)(H,29,34)(H,30,36)(H,31,35)/t17-/m0/s1. The molecule has 1 aliphatic rings. The number of nitrogens with one attached hydrogen (secondary N) is 4. The summed E-state index contributed by atoms with van der Waals surface area (Å²) in [5.41, 5.74) is 2.29. The molecule has 2 heterocycles. The number of benzene rings is 2. The molecule has 1 aromatic heterocycles. The Morgan fingerprint density at radius 3 is 2.50 bits per heavy atom. The van der Waals surface area contributed by atoms with E-state index in [1.807, 2.05) is 24.3 Å². The maximum absolute atomic E-state index is 12.9. The Balaban J connectivity index is 1.32. The van der Waals surface area contributed by atoms with Gasteiger partial charge in [-0.3, -0.25) is 24.4 Å². The molecule has 1 saturated heterocycles. The zero-order valence-electron chi connectivity index (χ0n) is 19.2. The Bertz CT molecular complexity index is 1270. The Morgan fingerprint density at radius 1 is 1.08 bits per heavy atom. The van der Waals surface area contributed by atoms with E-state index in [0.29, 0.717) is 18.8 Å². The smallest absolute Gasteiger partial charge is 0.271 e. The molecular formula is C25H24Cl2N6O3. The van der Waals surface area contributed by atoms with Crippen molar-refractivity contribution in [2.45, 2.75) is 19.0 Å². The molecule has 4 rings (SSSR count). The molecule has 3 amide bonds. The molecule has 0 unspecified atom stereocenters. The van der Waals surface area contributed by atoms with Crippen LogP contribution in [0, 0.1) is 0 Å². The summed E-state index contributed by atoms with van der Waals surface area (Å²) in [4.78, 5) is 39.2. The summed E-state index contributed by atoms with van der Waals surface area (Å²) in [6.07, 6.45) is 3.37. The highest BCUT2D eigenvalue weighted by atomic mass is 35.5. The Kier molecular flexibility index (Phi) is 8.04. The molecule has 9 nitrogen and oxygen atoms in total. The molecule has 4 N–H and O–H groups in total. The zero-order valence-corrected chi connectivity index (χ0v) is 20.7. The monoisotopic (exact) mass is 526 g/mol. The van der Waals surface area contributed by atoms with Crippen LogP contribution in [0.3, 0.4) is 0 Å². The molecule has 0 radical (unpaired) electrons. The van der Waals surface area contributed by atoms with Gasteiger partial charge in [0.1, 0.15) is 5.69 Å². The third kappa shape index (κ3) is 6.12. The molecule has 0 bridgehead atoms. The fraction of sp³-hybridized carbons (Fsp3) is 0.200. The van der Waals surface area contributed by atoms with Gasteiger partial charge in [0.15, 0.2) is 0 Å². The second-order valence-electron chi connectivity index (χ2n) is 8.29. The lowest BCUT2D eigenvalue weighted by molar-refractivity contribution is -0.111. The van der Waals surface area contributed by atoms with E-state index in [-0.39, 0.29) is 44.8 Å². The number of aromatic amines is 1. The third-order valence-electron chi connectivity index (χ3n) is 5.73. The molecular weight excluding hydrogens is 503 g/mol. The number of H-pyrrole nitrogens is 1. The predicted octanol–water partition coefficient (Wildman–Crippen LogP) is 4.10. The highest BCUT2D eigenvalue weighted by Crippen LogP contribution is 2.26. The number of amides is 3. The van der Waals surface area contributed by atoms with Crippen LogP contribution in [0.4, 0.5) is 11.4 Å². The van der Waals surface area contributed by atoms with Crippen molar-refractivity contribution in [3.63, 3.8) is 0 Å². The van der Waals surface area contributed by atoms with Gasteiger partial charge in [-0.15, -0.1) is 0 Å². The van der Waals surface area contributed by atoms with Crippen molar-refractivity contribution in [2.24, 2.45) is 0 Å². The number of halogens is 2. The number of hydrogen-bond acceptors (Lipinski definition) is 5. The van der Waals surface area contributed by atoms with E-state index in [2.05, 4.69) is 37.6 Å². The van der Waals surface area contributed by atoms with Gasteiger partial charge in [-0.1, -0.05) is 48.0 Å². The number of anilines is 2. The largest absolute Gasteiger partial charge is 0.347 e. The Morgan fingerprint density at radius 2 is 1.81 bits per heavy atom. The van der Waals surface area contributed by atoms with Gasteiger partial charge < -0.3 is 16.0 Å². The van der Waals surface area contributed by atoms with Crippen LogP contribution in [0.1, 0.15) is 32.8 Å². The second-order valence-corrected chi connectivity index (χ2v) is 9.11. The number of hydrogen-bond donors (Lipinski definition) is 4. The summed E-state index contributed by atoms with van der Waals surface area (Å²) in [7, 11) is 0. The number of aromatic nitrogens is 2. The van der Waals surface area contributed by atoms with Crippen LogP contribution in [-0.2, 0) is 11.3 Å². The van der Waals surface area contributed by atoms with Gasteiger partial charge in [-0.05, 0) is 42.3 Å². The zero-order chi connectivity index (χ0) is 25.7. The summed E-state index contributed by atoms with van der Waals surface area (Å²) < 4.78 is 0. The van der Waals surface area contributed by atoms with Crippen molar-refractivity contribution in [2.75, 3.05) is 23.7 Å². The molecule has 0 spiro atoms. The highest BCUT2D eigenvalue weighted by molar-refractivity contribution is 6.40. The summed E-state index contributed by atoms with van der Waals surface area (Å²) in [5, 5.41) is 15.3. The van der Waals surface area contributed by atoms with E-state index in [1.54, 1.807) is 18.2 Å². The minimum Gasteiger partial charge on any atom is -0.347 e. The van der Waals surface area contributed by atoms with Gasteiger partial charge in [0.05, 0.1) is 27.5 Å². The molecule has 2 aromatic carbocycles. The summed E-state index contributed by atoms with van der Waals surface area (Å²) >= 11 is 12.2. The van der Waals surface area contributed by atoms with Crippen LogP contribution < -0.4 is 16.0 Å². The lowest BCUT2D eigenvalue weighted by Crippen LogP contribution is -2.37. The Labute approximate surface area is 217 Å². The summed E-state index contributed by atoms with van der Waals surface area (Å²) in [6, 6.07) is 12.3. The first kappa shape index (κ1) is 25.4. The number of carbonyl (C=O) groups is 3. The quantitative estimate of drug-likeness (QED) is 0.329. The van der Waals surface area contributed by atoms with Crippen LogP contribution in [0.15, 0.2) is 61.3 Å². The molecule has 11 heteroatoms. The van der Waals surface area contributed by atoms with Crippen molar-refractivity contribution < 1.29 is 14.4 Å². The van der Waals surface area contributed by atoms with E-state index in [4.69, 9.17) is 23.2 Å². The van der Waals surface area contributed by atoms with Crippen LogP contribution >= 0.6 is 23.2 Å². The van der Waals surface area contributed by atoms with Gasteiger partial charge >= 0.3 is 0 Å². The van der Waals surface area contributed by atoms with Crippen molar-refractivity contribution in [1.82, 2.24) is 20.4 Å². The molecule has 1 atom stereocenters. The number of rotatable bonds is 8. The fourth-order valence-corrected chi connectivity index (χ4v) is 4.52. The van der Waals surface area contributed by atoms with Crippen molar-refractivity contribution in [1.29, 1.82) is 0 Å². The van der Waals surface area contributed by atoms with Crippen LogP contribution in [0.2, 0.25) is 10.0 Å². The number of nitrogens with zero attached hydrogens (tertiary/aromatic N) is 2. The number of likely N-dealkylation sites (tertiary alicyclic amines) is 1. The third-order valence-corrected chi connectivity index (χ3v) is 6.36. The SMILES string of the molecule is C=CC(=O)Nc1ccc(CN2CC[C@H](NC(=O)c3[nH]ncc3NC(=O)c3c(Cl)cccc3Cl)C2)cc1. The number of carbonyl (C=O) groups excluding carboxylic acids is 3. The van der Waals surface area contributed by atoms with Gasteiger partial charge in [0, 0.05) is 31.4 Å². The van der Waals surface area contributed by atoms with Gasteiger partial charge in [0.2, 0.25) is 5.91 Å². The maximum atomic E-state index is 12.9. The molecule has 1 fully saturated rings. The van der Waals surface area contributed by atoms with Crippen molar-refractivity contribution >= 4 is 52.3 Å². The Hall–Kier alpha value is -3.66. The van der Waals surface area contributed by atoms with Crippen LogP contribution in [0.25, 0.3) is 0 Å². The molecule has 0 aliphatic carbocycles. The molecule has 0 saturated carbocycles. The predicted molar refractivity (Wildman–Crippen MR) is 139 cm³/mol. The van der Waals surface area contributed by atoms with Crippen molar-refractivity contribution in [3.8, 4) is 0 Å². The molecule has 36 heavy (non-hydrogen) atoms. The lowest BCUT2D eigenvalue weighted by Gasteiger charge is -2.17. The highest BCUT2D eigenvalue weighted by Gasteiger charge is 2.26. The van der Waals surface area contributed by atoms with E-state index >= 15 is 0 Å². The average Bonchev–Trinajstić information content (AvgIpc) is 3.49. The maximum Gasteiger partial charge on any atom is 0.271 e. The van der Waals surface area contributed by atoms with Gasteiger partial charge in [-0.25, -0.2) is 0 Å². The molecule has 3 aromatic rings. The average molecular weight is 527 g/mol. The topological polar surface area (TPSA) is 119 Å². The van der Waals surface area contributed by atoms with Crippen molar-refractivity contribution in [3.05, 3.63) is 88.2 Å². The molecule has 186 valence electrons. The normalized spacial score (nSPS) is 15.3. The van der Waals surface area contributed by atoms with E-state index < -0.39 is 5.91 Å². The van der Waals surface area contributed by atoms with Gasteiger partial charge in [0.25, 0.3) is 11.8 Å². The first-order valence-electron chi connectivity index (χ1n) is 11.2. The first-order valence-corrected chi connectivity index (χ1v) is 11.9. The fourth-order valence-electron chi connectivity index (χ4n) is 3.95. The minimum absolute atomic E-state index is 0.0616. The summed E-state index contributed by atoms with van der Waals surface area (Å²) in [5.74, 6) is -1.17. The van der Waals surface area contributed by atoms with E-state index in [0.717, 1.165) is 18.5 Å². The summed E-state index contributed by atoms with van der Waals surface area (Å²) in [6.45, 7) is 5.64.